The van der Waals surface area contributed by atoms with Crippen LogP contribution in [-0.4, -0.2) is 36.1 Å². The number of aromatic nitrogens is 6. The van der Waals surface area contributed by atoms with E-state index < -0.39 is 0 Å². The first-order valence-corrected chi connectivity index (χ1v) is 9.36. The van der Waals surface area contributed by atoms with Crippen molar-refractivity contribution in [2.75, 3.05) is 6.54 Å². The fraction of sp³-hybridized carbons (Fsp3) is 0.474. The Morgan fingerprint density at radius 3 is 3.04 bits per heavy atom. The van der Waals surface area contributed by atoms with Crippen LogP contribution in [0.3, 0.4) is 0 Å². The molecule has 0 amide bonds. The van der Waals surface area contributed by atoms with Crippen LogP contribution in [0.2, 0.25) is 0 Å². The summed E-state index contributed by atoms with van der Waals surface area (Å²) >= 11 is 0. The van der Waals surface area contributed by atoms with E-state index in [9.17, 15) is 0 Å². The van der Waals surface area contributed by atoms with Crippen LogP contribution >= 0.6 is 0 Å². The predicted octanol–water partition coefficient (Wildman–Crippen LogP) is 2.13. The van der Waals surface area contributed by atoms with E-state index in [1.54, 1.807) is 6.20 Å². The molecular formula is C19H25N7. The summed E-state index contributed by atoms with van der Waals surface area (Å²) in [5.41, 5.74) is 3.22. The molecule has 0 spiro atoms. The van der Waals surface area contributed by atoms with E-state index in [1.165, 1.54) is 24.8 Å². The molecule has 4 rings (SSSR count). The third kappa shape index (κ3) is 3.67. The molecule has 1 aliphatic rings. The average Bonchev–Trinajstić information content (AvgIpc) is 3.14. The number of fused-ring (bicyclic) bond motifs is 1. The monoisotopic (exact) mass is 351 g/mol. The smallest absolute Gasteiger partial charge is 0.134 e. The molecule has 7 heteroatoms. The third-order valence-electron chi connectivity index (χ3n) is 4.87. The largest absolute Gasteiger partial charge is 0.315 e. The first-order chi connectivity index (χ1) is 12.8. The summed E-state index contributed by atoms with van der Waals surface area (Å²) in [4.78, 5) is 4.20. The molecule has 3 aromatic rings. The van der Waals surface area contributed by atoms with Crippen molar-refractivity contribution < 1.29 is 0 Å². The van der Waals surface area contributed by atoms with E-state index in [1.807, 2.05) is 30.1 Å². The van der Waals surface area contributed by atoms with Crippen LogP contribution in [0, 0.1) is 0 Å². The molecule has 1 N–H and O–H groups in total. The molecule has 0 saturated heterocycles. The van der Waals surface area contributed by atoms with Gasteiger partial charge in [-0.15, -0.1) is 10.2 Å². The highest BCUT2D eigenvalue weighted by molar-refractivity contribution is 5.61. The van der Waals surface area contributed by atoms with Crippen molar-refractivity contribution in [1.29, 1.82) is 0 Å². The first-order valence-electron chi connectivity index (χ1n) is 9.36. The van der Waals surface area contributed by atoms with Gasteiger partial charge in [-0.25, -0.2) is 0 Å². The van der Waals surface area contributed by atoms with Crippen molar-refractivity contribution >= 4 is 0 Å². The van der Waals surface area contributed by atoms with Gasteiger partial charge in [0.05, 0.1) is 5.69 Å². The van der Waals surface area contributed by atoms with Crippen LogP contribution in [0.15, 0.2) is 30.7 Å². The maximum atomic E-state index is 4.59. The SMILES string of the molecule is Cn1cc(CNCCc2nnc3n2CCCCC3)c(-c2cccnc2)n1. The lowest BCUT2D eigenvalue weighted by Gasteiger charge is -2.08. The van der Waals surface area contributed by atoms with Gasteiger partial charge in [0.2, 0.25) is 0 Å². The van der Waals surface area contributed by atoms with Gasteiger partial charge in [-0.05, 0) is 25.0 Å². The summed E-state index contributed by atoms with van der Waals surface area (Å²) in [6.45, 7) is 2.71. The summed E-state index contributed by atoms with van der Waals surface area (Å²) in [6, 6.07) is 3.99. The quantitative estimate of drug-likeness (QED) is 0.689. The molecule has 0 aliphatic carbocycles. The Balaban J connectivity index is 1.37. The number of hydrogen-bond donors (Lipinski definition) is 1. The van der Waals surface area contributed by atoms with Crippen LogP contribution in [0.4, 0.5) is 0 Å². The summed E-state index contributed by atoms with van der Waals surface area (Å²) in [6.07, 6.45) is 11.4. The molecule has 0 aromatic carbocycles. The van der Waals surface area contributed by atoms with Crippen molar-refractivity contribution in [3.63, 3.8) is 0 Å². The molecule has 1 aliphatic heterocycles. The molecular weight excluding hydrogens is 326 g/mol. The number of pyridine rings is 1. The van der Waals surface area contributed by atoms with Crippen molar-refractivity contribution in [2.45, 2.75) is 45.2 Å². The minimum Gasteiger partial charge on any atom is -0.315 e. The average molecular weight is 351 g/mol. The van der Waals surface area contributed by atoms with Gasteiger partial charge in [0.1, 0.15) is 11.6 Å². The zero-order valence-corrected chi connectivity index (χ0v) is 15.2. The van der Waals surface area contributed by atoms with Crippen molar-refractivity contribution in [3.8, 4) is 11.3 Å². The summed E-state index contributed by atoms with van der Waals surface area (Å²) in [5.74, 6) is 2.26. The second-order valence-electron chi connectivity index (χ2n) is 6.84. The highest BCUT2D eigenvalue weighted by Crippen LogP contribution is 2.20. The Hall–Kier alpha value is -2.54. The highest BCUT2D eigenvalue weighted by atomic mass is 15.3. The van der Waals surface area contributed by atoms with Crippen molar-refractivity contribution in [1.82, 2.24) is 34.8 Å². The van der Waals surface area contributed by atoms with Gasteiger partial charge in [-0.2, -0.15) is 5.10 Å². The third-order valence-corrected chi connectivity index (χ3v) is 4.87. The molecule has 0 atom stereocenters. The predicted molar refractivity (Wildman–Crippen MR) is 99.4 cm³/mol. The number of nitrogens with zero attached hydrogens (tertiary/aromatic N) is 6. The molecule has 26 heavy (non-hydrogen) atoms. The molecule has 136 valence electrons. The summed E-state index contributed by atoms with van der Waals surface area (Å²) in [7, 11) is 1.95. The van der Waals surface area contributed by atoms with Gasteiger partial charge in [0, 0.05) is 69.2 Å². The number of aryl methyl sites for hydroxylation is 2. The summed E-state index contributed by atoms with van der Waals surface area (Å²) < 4.78 is 4.18. The minimum atomic E-state index is 0.777. The molecule has 7 nitrogen and oxygen atoms in total. The maximum absolute atomic E-state index is 4.59. The van der Waals surface area contributed by atoms with Gasteiger partial charge in [-0.1, -0.05) is 6.42 Å². The minimum absolute atomic E-state index is 0.777. The van der Waals surface area contributed by atoms with Crippen LogP contribution in [0.5, 0.6) is 0 Å². The maximum Gasteiger partial charge on any atom is 0.134 e. The Morgan fingerprint density at radius 2 is 2.15 bits per heavy atom. The first kappa shape index (κ1) is 16.9. The van der Waals surface area contributed by atoms with Gasteiger partial charge < -0.3 is 9.88 Å². The lowest BCUT2D eigenvalue weighted by Crippen LogP contribution is -2.19. The van der Waals surface area contributed by atoms with Crippen molar-refractivity contribution in [3.05, 3.63) is 47.9 Å². The zero-order chi connectivity index (χ0) is 17.8. The van der Waals surface area contributed by atoms with Gasteiger partial charge in [0.25, 0.3) is 0 Å². The second-order valence-corrected chi connectivity index (χ2v) is 6.84. The van der Waals surface area contributed by atoms with Crippen LogP contribution in [0.1, 0.15) is 36.5 Å². The zero-order valence-electron chi connectivity index (χ0n) is 15.2. The van der Waals surface area contributed by atoms with E-state index in [4.69, 9.17) is 0 Å². The molecule has 3 aromatic heterocycles. The molecule has 0 bridgehead atoms. The second kappa shape index (κ2) is 7.78. The van der Waals surface area contributed by atoms with Crippen LogP contribution < -0.4 is 5.32 Å². The van der Waals surface area contributed by atoms with Gasteiger partial charge in [-0.3, -0.25) is 9.67 Å². The Kier molecular flexibility index (Phi) is 5.06. The van der Waals surface area contributed by atoms with Crippen LogP contribution in [0.25, 0.3) is 11.3 Å². The number of nitrogens with one attached hydrogen (secondary N) is 1. The molecule has 0 fully saturated rings. The number of hydrogen-bond acceptors (Lipinski definition) is 5. The van der Waals surface area contributed by atoms with E-state index in [0.29, 0.717) is 0 Å². The lowest BCUT2D eigenvalue weighted by molar-refractivity contribution is 0.587. The normalized spacial score (nSPS) is 14.2. The van der Waals surface area contributed by atoms with E-state index in [0.717, 1.165) is 55.4 Å². The highest BCUT2D eigenvalue weighted by Gasteiger charge is 2.14. The molecule has 0 saturated carbocycles. The van der Waals surface area contributed by atoms with Gasteiger partial charge >= 0.3 is 0 Å². The Morgan fingerprint density at radius 1 is 1.19 bits per heavy atom. The standard InChI is InChI=1S/C19H25N7/c1-25-14-16(19(24-25)15-6-5-9-20-12-15)13-21-10-8-18-23-22-17-7-3-2-4-11-26(17)18/h5-6,9,12,14,21H,2-4,7-8,10-11,13H2,1H3. The van der Waals surface area contributed by atoms with E-state index in [2.05, 4.69) is 36.4 Å². The number of rotatable bonds is 6. The Labute approximate surface area is 153 Å². The molecule has 0 unspecified atom stereocenters. The van der Waals surface area contributed by atoms with Gasteiger partial charge in [0.15, 0.2) is 0 Å². The Bertz CT molecular complexity index is 850. The molecule has 0 radical (unpaired) electrons. The lowest BCUT2D eigenvalue weighted by atomic mass is 10.1. The van der Waals surface area contributed by atoms with E-state index in [-0.39, 0.29) is 0 Å². The van der Waals surface area contributed by atoms with E-state index >= 15 is 0 Å². The van der Waals surface area contributed by atoms with Crippen LogP contribution in [-0.2, 0) is 33.0 Å². The molecule has 4 heterocycles. The van der Waals surface area contributed by atoms with Crippen molar-refractivity contribution in [2.24, 2.45) is 7.05 Å². The summed E-state index contributed by atoms with van der Waals surface area (Å²) in [5, 5.41) is 16.9. The fourth-order valence-electron chi connectivity index (χ4n) is 3.57. The topological polar surface area (TPSA) is 73.5 Å². The fourth-order valence-corrected chi connectivity index (χ4v) is 3.57.